The van der Waals surface area contributed by atoms with E-state index in [4.69, 9.17) is 9.15 Å². The first-order valence-corrected chi connectivity index (χ1v) is 8.25. The zero-order valence-electron chi connectivity index (χ0n) is 15.3. The summed E-state index contributed by atoms with van der Waals surface area (Å²) < 4.78 is 9.86. The molecule has 0 radical (unpaired) electrons. The van der Waals surface area contributed by atoms with E-state index in [0.29, 0.717) is 29.1 Å². The van der Waals surface area contributed by atoms with Crippen LogP contribution < -0.4 is 11.1 Å². The van der Waals surface area contributed by atoms with Crippen molar-refractivity contribution in [2.75, 3.05) is 7.11 Å². The Morgan fingerprint density at radius 1 is 1.46 bits per heavy atom. The quantitative estimate of drug-likeness (QED) is 0.228. The molecule has 0 fully saturated rings. The Kier molecular flexibility index (Phi) is 6.94. The lowest BCUT2D eigenvalue weighted by atomic mass is 10.0. The Morgan fingerprint density at radius 2 is 2.25 bits per heavy atom. The van der Waals surface area contributed by atoms with E-state index in [1.54, 1.807) is 24.3 Å². The van der Waals surface area contributed by atoms with Crippen LogP contribution in [0.15, 0.2) is 88.1 Å². The minimum absolute atomic E-state index is 0.00153. The molecule has 1 aromatic carbocycles. The average Bonchev–Trinajstić information content (AvgIpc) is 3.06. The van der Waals surface area contributed by atoms with Crippen molar-refractivity contribution in [2.24, 2.45) is 0 Å². The molecular formula is C21H19N3O4. The number of hydrogen-bond acceptors (Lipinski definition) is 6. The van der Waals surface area contributed by atoms with Crippen LogP contribution >= 0.6 is 0 Å². The van der Waals surface area contributed by atoms with Crippen molar-refractivity contribution in [2.45, 2.75) is 6.42 Å². The lowest BCUT2D eigenvalue weighted by molar-refractivity contribution is 0.103. The smallest absolute Gasteiger partial charge is 0.417 e. The molecule has 7 nitrogen and oxygen atoms in total. The van der Waals surface area contributed by atoms with E-state index in [0.717, 1.165) is 0 Å². The van der Waals surface area contributed by atoms with Crippen molar-refractivity contribution in [1.29, 1.82) is 5.26 Å². The molecule has 7 heteroatoms. The van der Waals surface area contributed by atoms with Gasteiger partial charge < -0.3 is 14.5 Å². The van der Waals surface area contributed by atoms with Crippen LogP contribution in [0.3, 0.4) is 0 Å². The minimum Gasteiger partial charge on any atom is -0.483 e. The molecule has 0 unspecified atom stereocenters. The third kappa shape index (κ3) is 5.22. The van der Waals surface area contributed by atoms with Crippen molar-refractivity contribution in [3.63, 3.8) is 0 Å². The van der Waals surface area contributed by atoms with Crippen molar-refractivity contribution in [3.05, 3.63) is 95.0 Å². The maximum atomic E-state index is 12.5. The highest BCUT2D eigenvalue weighted by Crippen LogP contribution is 2.16. The number of rotatable bonds is 9. The van der Waals surface area contributed by atoms with E-state index in [9.17, 15) is 14.9 Å². The van der Waals surface area contributed by atoms with E-state index >= 15 is 0 Å². The molecule has 0 aliphatic rings. The van der Waals surface area contributed by atoms with Gasteiger partial charge in [0.25, 0.3) is 0 Å². The number of carbonyl (C=O) groups is 1. The highest BCUT2D eigenvalue weighted by Gasteiger charge is 2.13. The molecule has 142 valence electrons. The normalized spacial score (nSPS) is 12.0. The second-order valence-electron chi connectivity index (χ2n) is 5.53. The van der Waals surface area contributed by atoms with Crippen molar-refractivity contribution in [1.82, 2.24) is 10.3 Å². The largest absolute Gasteiger partial charge is 0.483 e. The molecule has 1 heterocycles. The Balaban J connectivity index is 2.13. The van der Waals surface area contributed by atoms with Gasteiger partial charge in [-0.1, -0.05) is 24.8 Å². The number of fused-ring (bicyclic) bond motifs is 1. The van der Waals surface area contributed by atoms with Gasteiger partial charge in [-0.15, -0.1) is 0 Å². The molecule has 0 aliphatic carbocycles. The fourth-order valence-corrected chi connectivity index (χ4v) is 2.30. The standard InChI is InChI=1S/C21H19N3O4/c1-4-7-17(23-14(2)27-3)9-6-5-8-16(13-22)20(25)15-10-11-19-18(12-15)24-21(26)28-19/h4,6-12,23H,1-2,5H2,3H3,(H,24,26)/b9-6-,16-8+,17-7+. The van der Waals surface area contributed by atoms with Crippen LogP contribution in [0.25, 0.3) is 11.1 Å². The van der Waals surface area contributed by atoms with Crippen LogP contribution in [-0.4, -0.2) is 17.9 Å². The Hall–Kier alpha value is -4.05. The number of methoxy groups -OCH3 is 1. The maximum absolute atomic E-state index is 12.5. The number of nitrogens with zero attached hydrogens (tertiary/aromatic N) is 1. The molecule has 2 rings (SSSR count). The number of aromatic amines is 1. The number of nitriles is 1. The summed E-state index contributed by atoms with van der Waals surface area (Å²) in [5, 5.41) is 12.2. The van der Waals surface area contributed by atoms with Crippen LogP contribution in [0.1, 0.15) is 16.8 Å². The number of H-pyrrole nitrogens is 1. The average molecular weight is 377 g/mol. The lowest BCUT2D eigenvalue weighted by Gasteiger charge is -2.07. The molecule has 0 saturated carbocycles. The van der Waals surface area contributed by atoms with Gasteiger partial charge in [-0.25, -0.2) is 4.79 Å². The summed E-state index contributed by atoms with van der Waals surface area (Å²) in [6.07, 6.45) is 8.73. The molecule has 1 aromatic heterocycles. The number of allylic oxidation sites excluding steroid dienone is 6. The fourth-order valence-electron chi connectivity index (χ4n) is 2.30. The van der Waals surface area contributed by atoms with Crippen LogP contribution in [0.2, 0.25) is 0 Å². The molecule has 0 atom stereocenters. The van der Waals surface area contributed by atoms with Gasteiger partial charge in [-0.05, 0) is 43.4 Å². The summed E-state index contributed by atoms with van der Waals surface area (Å²) in [4.78, 5) is 26.2. The summed E-state index contributed by atoms with van der Waals surface area (Å²) in [7, 11) is 1.49. The van der Waals surface area contributed by atoms with Crippen molar-refractivity contribution < 1.29 is 13.9 Å². The fraction of sp³-hybridized carbons (Fsp3) is 0.0952. The van der Waals surface area contributed by atoms with Crippen LogP contribution in [0.5, 0.6) is 0 Å². The number of ether oxygens (including phenoxy) is 1. The number of benzene rings is 1. The summed E-state index contributed by atoms with van der Waals surface area (Å²) >= 11 is 0. The number of carbonyl (C=O) groups excluding carboxylic acids is 1. The Labute approximate surface area is 161 Å². The number of aromatic nitrogens is 1. The van der Waals surface area contributed by atoms with E-state index in [1.807, 2.05) is 6.07 Å². The molecule has 2 aromatic rings. The monoisotopic (exact) mass is 377 g/mol. The van der Waals surface area contributed by atoms with Gasteiger partial charge in [-0.3, -0.25) is 9.78 Å². The zero-order chi connectivity index (χ0) is 20.5. The highest BCUT2D eigenvalue weighted by molar-refractivity contribution is 6.12. The zero-order valence-corrected chi connectivity index (χ0v) is 15.3. The van der Waals surface area contributed by atoms with E-state index < -0.39 is 11.5 Å². The second-order valence-corrected chi connectivity index (χ2v) is 5.53. The number of oxazole rings is 1. The molecule has 0 amide bonds. The predicted molar refractivity (Wildman–Crippen MR) is 106 cm³/mol. The van der Waals surface area contributed by atoms with Crippen LogP contribution in [-0.2, 0) is 4.74 Å². The van der Waals surface area contributed by atoms with Gasteiger partial charge in [0.1, 0.15) is 6.07 Å². The first-order chi connectivity index (χ1) is 13.5. The first kappa shape index (κ1) is 20.3. The SMILES string of the molecule is C=C/C=C(\C=C/C/C=C(\C#N)C(=O)c1ccc2oc(=O)[nH]c2c1)NC(=C)OC. The summed E-state index contributed by atoms with van der Waals surface area (Å²) in [5.74, 6) is -0.671. The molecule has 0 aliphatic heterocycles. The third-order valence-electron chi connectivity index (χ3n) is 3.63. The molecule has 28 heavy (non-hydrogen) atoms. The summed E-state index contributed by atoms with van der Waals surface area (Å²) in [6.45, 7) is 7.31. The van der Waals surface area contributed by atoms with Crippen molar-refractivity contribution in [3.8, 4) is 6.07 Å². The van der Waals surface area contributed by atoms with Gasteiger partial charge in [0.05, 0.1) is 18.2 Å². The van der Waals surface area contributed by atoms with Gasteiger partial charge in [-0.2, -0.15) is 5.26 Å². The second kappa shape index (κ2) is 9.59. The number of Topliss-reactive ketones (excluding diaryl/α,β-unsaturated/α-hetero) is 1. The van der Waals surface area contributed by atoms with E-state index in [-0.39, 0.29) is 11.1 Å². The summed E-state index contributed by atoms with van der Waals surface area (Å²) in [5.41, 5.74) is 1.72. The molecule has 0 bridgehead atoms. The third-order valence-corrected chi connectivity index (χ3v) is 3.63. The molecule has 2 N–H and O–H groups in total. The van der Waals surface area contributed by atoms with E-state index in [2.05, 4.69) is 23.5 Å². The minimum atomic E-state index is -0.603. The van der Waals surface area contributed by atoms with Crippen molar-refractivity contribution >= 4 is 16.9 Å². The van der Waals surface area contributed by atoms with Gasteiger partial charge >= 0.3 is 5.76 Å². The molecule has 0 saturated heterocycles. The highest BCUT2D eigenvalue weighted by atomic mass is 16.5. The Morgan fingerprint density at radius 3 is 2.93 bits per heavy atom. The molecular weight excluding hydrogens is 358 g/mol. The van der Waals surface area contributed by atoms with Gasteiger partial charge in [0, 0.05) is 11.3 Å². The molecule has 0 spiro atoms. The van der Waals surface area contributed by atoms with Crippen LogP contribution in [0, 0.1) is 11.3 Å². The number of hydrogen-bond donors (Lipinski definition) is 2. The predicted octanol–water partition coefficient (Wildman–Crippen LogP) is 3.48. The van der Waals surface area contributed by atoms with Gasteiger partial charge in [0.15, 0.2) is 11.5 Å². The lowest BCUT2D eigenvalue weighted by Crippen LogP contribution is -2.11. The summed E-state index contributed by atoms with van der Waals surface area (Å²) in [6, 6.07) is 6.41. The van der Waals surface area contributed by atoms with E-state index in [1.165, 1.54) is 31.4 Å². The maximum Gasteiger partial charge on any atom is 0.417 e. The number of nitrogens with one attached hydrogen (secondary N) is 2. The van der Waals surface area contributed by atoms with Gasteiger partial charge in [0.2, 0.25) is 5.78 Å². The van der Waals surface area contributed by atoms with Crippen LogP contribution in [0.4, 0.5) is 0 Å². The topological polar surface area (TPSA) is 108 Å². The number of ketones is 1. The first-order valence-electron chi connectivity index (χ1n) is 8.25. The Bertz CT molecular complexity index is 1090.